The molecule has 1 aromatic carbocycles. The third-order valence-corrected chi connectivity index (χ3v) is 5.63. The predicted octanol–water partition coefficient (Wildman–Crippen LogP) is 5.28. The van der Waals surface area contributed by atoms with Gasteiger partial charge in [-0.15, -0.1) is 0 Å². The van der Waals surface area contributed by atoms with Crippen molar-refractivity contribution in [2.24, 2.45) is 5.92 Å². The second-order valence-electron chi connectivity index (χ2n) is 7.26. The predicted molar refractivity (Wildman–Crippen MR) is 108 cm³/mol. The molecule has 0 aliphatic carbocycles. The van der Waals surface area contributed by atoms with Crippen molar-refractivity contribution in [2.45, 2.75) is 19.3 Å². The largest absolute Gasteiger partial charge is 0.360 e. The maximum Gasteiger partial charge on any atom is 0.0537 e. The maximum atomic E-state index is 6.24. The smallest absolute Gasteiger partial charge is 0.0537 e. The van der Waals surface area contributed by atoms with Crippen LogP contribution in [0.1, 0.15) is 18.4 Å². The monoisotopic (exact) mass is 365 g/mol. The molecule has 26 heavy (non-hydrogen) atoms. The average Bonchev–Trinajstić information content (AvgIpc) is 3.08. The Balaban J connectivity index is 1.72. The van der Waals surface area contributed by atoms with Gasteiger partial charge in [-0.2, -0.15) is 0 Å². The third kappa shape index (κ3) is 3.69. The molecule has 0 amide bonds. The maximum absolute atomic E-state index is 6.24. The molecule has 1 N–H and O–H groups in total. The summed E-state index contributed by atoms with van der Waals surface area (Å²) >= 11 is 6.24. The summed E-state index contributed by atoms with van der Waals surface area (Å²) < 4.78 is 0. The van der Waals surface area contributed by atoms with Gasteiger partial charge < -0.3 is 9.88 Å². The van der Waals surface area contributed by atoms with E-state index >= 15 is 0 Å². The molecule has 0 atom stereocenters. The number of piperidine rings is 1. The van der Waals surface area contributed by atoms with E-state index in [0.29, 0.717) is 0 Å². The molecule has 1 aliphatic heterocycles. The number of benzene rings is 1. The van der Waals surface area contributed by atoms with Gasteiger partial charge in [-0.05, 0) is 80.7 Å². The first-order valence-corrected chi connectivity index (χ1v) is 9.63. The summed E-state index contributed by atoms with van der Waals surface area (Å²) in [5.41, 5.74) is 6.15. The van der Waals surface area contributed by atoms with Gasteiger partial charge in [0.25, 0.3) is 0 Å². The highest BCUT2D eigenvalue weighted by Gasteiger charge is 2.21. The van der Waals surface area contributed by atoms with E-state index in [2.05, 4.69) is 46.3 Å². The van der Waals surface area contributed by atoms with E-state index in [1.807, 2.05) is 30.6 Å². The van der Waals surface area contributed by atoms with Gasteiger partial charge in [-0.1, -0.05) is 23.7 Å². The van der Waals surface area contributed by atoms with Crippen molar-refractivity contribution in [1.82, 2.24) is 14.9 Å². The normalized spacial score (nSPS) is 16.1. The lowest BCUT2D eigenvalue weighted by Gasteiger charge is -2.29. The molecule has 0 unspecified atom stereocenters. The lowest BCUT2D eigenvalue weighted by molar-refractivity contribution is 0.219. The SMILES string of the molecule is CN1CCC(Cc2c[nH]c(-c3cccc(Cl)c3)c2-c2ccncc2)CC1. The number of rotatable bonds is 4. The quantitative estimate of drug-likeness (QED) is 0.682. The van der Waals surface area contributed by atoms with Gasteiger partial charge in [-0.3, -0.25) is 4.98 Å². The Bertz CT molecular complexity index is 864. The minimum absolute atomic E-state index is 0.745. The second-order valence-corrected chi connectivity index (χ2v) is 7.70. The highest BCUT2D eigenvalue weighted by molar-refractivity contribution is 6.30. The van der Waals surface area contributed by atoms with E-state index in [0.717, 1.165) is 28.6 Å². The van der Waals surface area contributed by atoms with Gasteiger partial charge in [0.15, 0.2) is 0 Å². The minimum Gasteiger partial charge on any atom is -0.360 e. The van der Waals surface area contributed by atoms with Crippen LogP contribution in [-0.4, -0.2) is 35.0 Å². The molecule has 1 fully saturated rings. The molecule has 0 bridgehead atoms. The molecule has 3 heterocycles. The van der Waals surface area contributed by atoms with Crippen molar-refractivity contribution in [1.29, 1.82) is 0 Å². The number of H-pyrrole nitrogens is 1. The summed E-state index contributed by atoms with van der Waals surface area (Å²) in [5, 5.41) is 0.759. The molecular formula is C22H24ClN3. The molecule has 4 heteroatoms. The number of nitrogens with one attached hydrogen (secondary N) is 1. The number of nitrogens with zero attached hydrogens (tertiary/aromatic N) is 2. The molecule has 3 aromatic rings. The summed E-state index contributed by atoms with van der Waals surface area (Å²) in [4.78, 5) is 10.1. The number of likely N-dealkylation sites (tertiary alicyclic amines) is 1. The van der Waals surface area contributed by atoms with Gasteiger partial charge in [-0.25, -0.2) is 0 Å². The Labute approximate surface area is 160 Å². The van der Waals surface area contributed by atoms with E-state index in [-0.39, 0.29) is 0 Å². The molecule has 4 rings (SSSR count). The Hall–Kier alpha value is -2.10. The fraction of sp³-hybridized carbons (Fsp3) is 0.318. The zero-order valence-corrected chi connectivity index (χ0v) is 15.8. The van der Waals surface area contributed by atoms with Crippen molar-refractivity contribution in [2.75, 3.05) is 20.1 Å². The Morgan fingerprint density at radius 2 is 1.88 bits per heavy atom. The highest BCUT2D eigenvalue weighted by Crippen LogP contribution is 2.37. The van der Waals surface area contributed by atoms with Crippen molar-refractivity contribution in [3.8, 4) is 22.4 Å². The van der Waals surface area contributed by atoms with Gasteiger partial charge in [0.05, 0.1) is 5.69 Å². The van der Waals surface area contributed by atoms with Gasteiger partial charge >= 0.3 is 0 Å². The summed E-state index contributed by atoms with van der Waals surface area (Å²) in [6, 6.07) is 12.2. The standard InChI is InChI=1S/C22H24ClN3/c1-26-11-7-16(8-12-26)13-19-15-25-22(18-3-2-4-20(23)14-18)21(19)17-5-9-24-10-6-17/h2-6,9-10,14-16,25H,7-8,11-13H2,1H3. The van der Waals surface area contributed by atoms with Crippen LogP contribution in [-0.2, 0) is 6.42 Å². The van der Waals surface area contributed by atoms with Crippen LogP contribution in [0, 0.1) is 5.92 Å². The molecule has 0 spiro atoms. The third-order valence-electron chi connectivity index (χ3n) is 5.39. The lowest BCUT2D eigenvalue weighted by Crippen LogP contribution is -2.30. The van der Waals surface area contributed by atoms with Crippen molar-refractivity contribution < 1.29 is 0 Å². The van der Waals surface area contributed by atoms with E-state index in [9.17, 15) is 0 Å². The first kappa shape index (κ1) is 17.3. The molecule has 3 nitrogen and oxygen atoms in total. The van der Waals surface area contributed by atoms with Crippen molar-refractivity contribution in [3.63, 3.8) is 0 Å². The first-order valence-electron chi connectivity index (χ1n) is 9.26. The van der Waals surface area contributed by atoms with Crippen LogP contribution < -0.4 is 0 Å². The van der Waals surface area contributed by atoms with E-state index in [4.69, 9.17) is 11.6 Å². The van der Waals surface area contributed by atoms with Gasteiger partial charge in [0.1, 0.15) is 0 Å². The summed E-state index contributed by atoms with van der Waals surface area (Å²) in [7, 11) is 2.21. The van der Waals surface area contributed by atoms with E-state index in [1.165, 1.54) is 42.6 Å². The topological polar surface area (TPSA) is 31.9 Å². The van der Waals surface area contributed by atoms with E-state index < -0.39 is 0 Å². The van der Waals surface area contributed by atoms with Crippen LogP contribution >= 0.6 is 11.6 Å². The average molecular weight is 366 g/mol. The second kappa shape index (κ2) is 7.65. The number of aromatic amines is 1. The minimum atomic E-state index is 0.745. The highest BCUT2D eigenvalue weighted by atomic mass is 35.5. The van der Waals surface area contributed by atoms with Crippen LogP contribution in [0.25, 0.3) is 22.4 Å². The van der Waals surface area contributed by atoms with E-state index in [1.54, 1.807) is 0 Å². The van der Waals surface area contributed by atoms with Crippen LogP contribution in [0.4, 0.5) is 0 Å². The number of aromatic nitrogens is 2. The molecular weight excluding hydrogens is 342 g/mol. The lowest BCUT2D eigenvalue weighted by atomic mass is 9.88. The number of hydrogen-bond acceptors (Lipinski definition) is 2. The molecule has 134 valence electrons. The number of halogens is 1. The van der Waals surface area contributed by atoms with Crippen LogP contribution in [0.2, 0.25) is 5.02 Å². The first-order chi connectivity index (χ1) is 12.7. The Kier molecular flexibility index (Phi) is 5.09. The number of hydrogen-bond donors (Lipinski definition) is 1. The Morgan fingerprint density at radius 1 is 1.12 bits per heavy atom. The zero-order chi connectivity index (χ0) is 17.9. The Morgan fingerprint density at radius 3 is 2.62 bits per heavy atom. The van der Waals surface area contributed by atoms with Gasteiger partial charge in [0, 0.05) is 34.7 Å². The van der Waals surface area contributed by atoms with Crippen LogP contribution in [0.5, 0.6) is 0 Å². The summed E-state index contributed by atoms with van der Waals surface area (Å²) in [6.07, 6.45) is 9.56. The van der Waals surface area contributed by atoms with Crippen molar-refractivity contribution in [3.05, 3.63) is 65.6 Å². The fourth-order valence-electron chi connectivity index (χ4n) is 3.92. The molecule has 1 aliphatic rings. The van der Waals surface area contributed by atoms with Crippen molar-refractivity contribution >= 4 is 11.6 Å². The molecule has 0 radical (unpaired) electrons. The van der Waals surface area contributed by atoms with Crippen LogP contribution in [0.15, 0.2) is 55.0 Å². The molecule has 1 saturated heterocycles. The number of pyridine rings is 1. The fourth-order valence-corrected chi connectivity index (χ4v) is 4.11. The summed E-state index contributed by atoms with van der Waals surface area (Å²) in [5.74, 6) is 0.745. The van der Waals surface area contributed by atoms with Crippen LogP contribution in [0.3, 0.4) is 0 Å². The summed E-state index contributed by atoms with van der Waals surface area (Å²) in [6.45, 7) is 2.39. The molecule has 0 saturated carbocycles. The molecule has 2 aromatic heterocycles. The van der Waals surface area contributed by atoms with Gasteiger partial charge in [0.2, 0.25) is 0 Å². The zero-order valence-electron chi connectivity index (χ0n) is 15.1.